The Morgan fingerprint density at radius 3 is 2.94 bits per heavy atom. The van der Waals surface area contributed by atoms with E-state index in [2.05, 4.69) is 12.2 Å². The van der Waals surface area contributed by atoms with Gasteiger partial charge in [0.2, 0.25) is 5.91 Å². The van der Waals surface area contributed by atoms with Gasteiger partial charge in [-0.2, -0.15) is 0 Å². The van der Waals surface area contributed by atoms with Gasteiger partial charge < -0.3 is 5.32 Å². The molecule has 0 saturated heterocycles. The van der Waals surface area contributed by atoms with Crippen LogP contribution in [0.25, 0.3) is 0 Å². The second kappa shape index (κ2) is 5.30. The van der Waals surface area contributed by atoms with E-state index in [1.54, 1.807) is 6.07 Å². The Morgan fingerprint density at radius 1 is 1.41 bits per heavy atom. The molecule has 17 heavy (non-hydrogen) atoms. The molecule has 1 aromatic carbocycles. The van der Waals surface area contributed by atoms with Crippen molar-refractivity contribution < 1.29 is 9.18 Å². The molecule has 1 aliphatic rings. The molecule has 1 aliphatic carbocycles. The minimum absolute atomic E-state index is 0.116. The summed E-state index contributed by atoms with van der Waals surface area (Å²) in [5.41, 5.74) is 2.19. The summed E-state index contributed by atoms with van der Waals surface area (Å²) in [6.45, 7) is 2.07. The summed E-state index contributed by atoms with van der Waals surface area (Å²) in [5.74, 6) is -0.0770. The molecule has 3 heteroatoms. The summed E-state index contributed by atoms with van der Waals surface area (Å²) >= 11 is 0. The number of rotatable bonds is 4. The van der Waals surface area contributed by atoms with Crippen molar-refractivity contribution in [2.45, 2.75) is 45.1 Å². The number of hydrogen-bond acceptors (Lipinski definition) is 1. The minimum atomic E-state index is -0.193. The normalized spacial score (nSPS) is 17.9. The molecule has 0 saturated carbocycles. The number of halogens is 1. The maximum atomic E-state index is 13.0. The summed E-state index contributed by atoms with van der Waals surface area (Å²) < 4.78 is 13.0. The molecule has 1 aromatic rings. The quantitative estimate of drug-likeness (QED) is 0.854. The fourth-order valence-corrected chi connectivity index (χ4v) is 2.33. The van der Waals surface area contributed by atoms with Crippen LogP contribution < -0.4 is 5.32 Å². The van der Waals surface area contributed by atoms with Gasteiger partial charge >= 0.3 is 0 Å². The fraction of sp³-hybridized carbons (Fsp3) is 0.500. The van der Waals surface area contributed by atoms with Crippen LogP contribution in [0.4, 0.5) is 4.39 Å². The highest BCUT2D eigenvalue weighted by molar-refractivity contribution is 5.76. The summed E-state index contributed by atoms with van der Waals surface area (Å²) in [4.78, 5) is 11.6. The smallest absolute Gasteiger partial charge is 0.220 e. The number of carbonyl (C=O) groups is 1. The lowest BCUT2D eigenvalue weighted by molar-refractivity contribution is -0.121. The van der Waals surface area contributed by atoms with Crippen LogP contribution in [0.1, 0.15) is 37.3 Å². The molecule has 2 rings (SSSR count). The van der Waals surface area contributed by atoms with Gasteiger partial charge in [0.05, 0.1) is 0 Å². The molecule has 1 N–H and O–H groups in total. The molecule has 2 nitrogen and oxygen atoms in total. The van der Waals surface area contributed by atoms with E-state index in [1.165, 1.54) is 6.07 Å². The summed E-state index contributed by atoms with van der Waals surface area (Å²) in [6.07, 6.45) is 4.14. The summed E-state index contributed by atoms with van der Waals surface area (Å²) in [7, 11) is 0. The maximum absolute atomic E-state index is 13.0. The van der Waals surface area contributed by atoms with Gasteiger partial charge in [-0.25, -0.2) is 4.39 Å². The SMILES string of the molecule is CCCCC(=O)NC1Cc2ccc(F)cc2C1. The number of hydrogen-bond donors (Lipinski definition) is 1. The van der Waals surface area contributed by atoms with Gasteiger partial charge in [0.15, 0.2) is 0 Å². The Hall–Kier alpha value is -1.38. The van der Waals surface area contributed by atoms with Gasteiger partial charge in [0.1, 0.15) is 5.82 Å². The second-order valence-electron chi connectivity index (χ2n) is 4.69. The van der Waals surface area contributed by atoms with E-state index in [4.69, 9.17) is 0 Å². The second-order valence-corrected chi connectivity index (χ2v) is 4.69. The van der Waals surface area contributed by atoms with Gasteiger partial charge in [-0.05, 0) is 42.5 Å². The third kappa shape index (κ3) is 3.05. The zero-order chi connectivity index (χ0) is 12.3. The Labute approximate surface area is 101 Å². The average Bonchev–Trinajstić information content (AvgIpc) is 2.67. The van der Waals surface area contributed by atoms with E-state index in [0.717, 1.165) is 36.8 Å². The standard InChI is InChI=1S/C14H18FNO/c1-2-3-4-14(17)16-13-8-10-5-6-12(15)7-11(10)9-13/h5-7,13H,2-4,8-9H2,1H3,(H,16,17). The Balaban J connectivity index is 1.89. The largest absolute Gasteiger partial charge is 0.353 e. The topological polar surface area (TPSA) is 29.1 Å². The van der Waals surface area contributed by atoms with Crippen LogP contribution in [0, 0.1) is 5.82 Å². The number of carbonyl (C=O) groups excluding carboxylic acids is 1. The van der Waals surface area contributed by atoms with Crippen molar-refractivity contribution in [1.29, 1.82) is 0 Å². The summed E-state index contributed by atoms with van der Waals surface area (Å²) in [6, 6.07) is 5.03. The first kappa shape index (κ1) is 12.1. The first-order valence-corrected chi connectivity index (χ1v) is 6.25. The van der Waals surface area contributed by atoms with E-state index in [1.807, 2.05) is 6.07 Å². The molecular weight excluding hydrogens is 217 g/mol. The van der Waals surface area contributed by atoms with Gasteiger partial charge in [-0.3, -0.25) is 4.79 Å². The number of nitrogens with one attached hydrogen (secondary N) is 1. The third-order valence-electron chi connectivity index (χ3n) is 3.22. The highest BCUT2D eigenvalue weighted by Crippen LogP contribution is 2.23. The highest BCUT2D eigenvalue weighted by atomic mass is 19.1. The first-order chi connectivity index (χ1) is 8.19. The average molecular weight is 235 g/mol. The van der Waals surface area contributed by atoms with Crippen LogP contribution in [0.3, 0.4) is 0 Å². The van der Waals surface area contributed by atoms with Crippen molar-refractivity contribution in [2.75, 3.05) is 0 Å². The minimum Gasteiger partial charge on any atom is -0.353 e. The van der Waals surface area contributed by atoms with Crippen LogP contribution in [-0.2, 0) is 17.6 Å². The number of unbranched alkanes of at least 4 members (excludes halogenated alkanes) is 1. The monoisotopic (exact) mass is 235 g/mol. The highest BCUT2D eigenvalue weighted by Gasteiger charge is 2.22. The molecule has 1 amide bonds. The van der Waals surface area contributed by atoms with E-state index in [0.29, 0.717) is 6.42 Å². The van der Waals surface area contributed by atoms with Crippen molar-refractivity contribution in [3.63, 3.8) is 0 Å². The summed E-state index contributed by atoms with van der Waals surface area (Å²) in [5, 5.41) is 3.02. The van der Waals surface area contributed by atoms with Crippen LogP contribution in [-0.4, -0.2) is 11.9 Å². The molecule has 0 aromatic heterocycles. The number of amides is 1. The van der Waals surface area contributed by atoms with Crippen LogP contribution in [0.15, 0.2) is 18.2 Å². The third-order valence-corrected chi connectivity index (χ3v) is 3.22. The van der Waals surface area contributed by atoms with Crippen molar-refractivity contribution >= 4 is 5.91 Å². The van der Waals surface area contributed by atoms with Gasteiger partial charge in [-0.1, -0.05) is 19.4 Å². The van der Waals surface area contributed by atoms with Crippen molar-refractivity contribution in [2.24, 2.45) is 0 Å². The maximum Gasteiger partial charge on any atom is 0.220 e. The lowest BCUT2D eigenvalue weighted by atomic mass is 10.1. The molecule has 1 unspecified atom stereocenters. The van der Waals surface area contributed by atoms with Gasteiger partial charge in [0.25, 0.3) is 0 Å². The lowest BCUT2D eigenvalue weighted by Gasteiger charge is -2.11. The zero-order valence-electron chi connectivity index (χ0n) is 10.1. The molecule has 0 fully saturated rings. The van der Waals surface area contributed by atoms with E-state index in [9.17, 15) is 9.18 Å². The number of benzene rings is 1. The molecule has 0 radical (unpaired) electrons. The Morgan fingerprint density at radius 2 is 2.18 bits per heavy atom. The molecule has 1 atom stereocenters. The Kier molecular flexibility index (Phi) is 3.77. The van der Waals surface area contributed by atoms with Crippen molar-refractivity contribution in [3.05, 3.63) is 35.1 Å². The van der Waals surface area contributed by atoms with Crippen LogP contribution in [0.2, 0.25) is 0 Å². The Bertz CT molecular complexity index is 417. The lowest BCUT2D eigenvalue weighted by Crippen LogP contribution is -2.35. The van der Waals surface area contributed by atoms with Gasteiger partial charge in [0, 0.05) is 12.5 Å². The van der Waals surface area contributed by atoms with Gasteiger partial charge in [-0.15, -0.1) is 0 Å². The van der Waals surface area contributed by atoms with E-state index < -0.39 is 0 Å². The predicted octanol–water partition coefficient (Wildman–Crippen LogP) is 2.60. The van der Waals surface area contributed by atoms with Crippen LogP contribution >= 0.6 is 0 Å². The molecule has 0 heterocycles. The fourth-order valence-electron chi connectivity index (χ4n) is 2.33. The van der Waals surface area contributed by atoms with Crippen molar-refractivity contribution in [3.8, 4) is 0 Å². The number of fused-ring (bicyclic) bond motifs is 1. The van der Waals surface area contributed by atoms with Crippen LogP contribution in [0.5, 0.6) is 0 Å². The first-order valence-electron chi connectivity index (χ1n) is 6.25. The van der Waals surface area contributed by atoms with E-state index >= 15 is 0 Å². The molecule has 0 spiro atoms. The zero-order valence-corrected chi connectivity index (χ0v) is 10.1. The molecular formula is C14H18FNO. The molecule has 92 valence electrons. The predicted molar refractivity (Wildman–Crippen MR) is 65.3 cm³/mol. The van der Waals surface area contributed by atoms with Crippen molar-refractivity contribution in [1.82, 2.24) is 5.32 Å². The molecule has 0 aliphatic heterocycles. The van der Waals surface area contributed by atoms with E-state index in [-0.39, 0.29) is 17.8 Å². The molecule has 0 bridgehead atoms.